The van der Waals surface area contributed by atoms with E-state index in [4.69, 9.17) is 9.47 Å². The van der Waals surface area contributed by atoms with Crippen molar-refractivity contribution in [3.8, 4) is 17.6 Å². The van der Waals surface area contributed by atoms with Crippen molar-refractivity contribution in [1.82, 2.24) is 4.98 Å². The number of ether oxygens (including phenoxy) is 2. The number of aromatic nitrogens is 1. The number of methoxy groups -OCH3 is 1. The first-order chi connectivity index (χ1) is 12.2. The normalized spacial score (nSPS) is 14.7. The first-order valence-corrected chi connectivity index (χ1v) is 8.09. The molecule has 0 radical (unpaired) electrons. The molecule has 0 unspecified atom stereocenters. The summed E-state index contributed by atoms with van der Waals surface area (Å²) < 4.78 is 11.1. The van der Waals surface area contributed by atoms with Crippen molar-refractivity contribution in [2.24, 2.45) is 5.41 Å². The fraction of sp³-hybridized carbons (Fsp3) is 0.316. The third kappa shape index (κ3) is 3.56. The second-order valence-electron chi connectivity index (χ2n) is 6.02. The van der Waals surface area contributed by atoms with Gasteiger partial charge in [0.1, 0.15) is 12.0 Å². The van der Waals surface area contributed by atoms with E-state index in [-0.39, 0.29) is 5.91 Å². The van der Waals surface area contributed by atoms with Gasteiger partial charge >= 0.3 is 0 Å². The topological polar surface area (TPSA) is 84.2 Å². The third-order valence-electron chi connectivity index (χ3n) is 4.39. The Morgan fingerprint density at radius 2 is 2.20 bits per heavy atom. The number of rotatable bonds is 6. The summed E-state index contributed by atoms with van der Waals surface area (Å²) in [4.78, 5) is 16.4. The van der Waals surface area contributed by atoms with E-state index in [9.17, 15) is 10.1 Å². The Hall–Kier alpha value is -3.07. The third-order valence-corrected chi connectivity index (χ3v) is 4.39. The zero-order valence-corrected chi connectivity index (χ0v) is 14.0. The van der Waals surface area contributed by atoms with E-state index in [0.29, 0.717) is 36.6 Å². The standard InChI is InChI=1S/C19H19N3O3/c1-24-16-6-5-15(22-18(23)19(13-20)7-3-8-19)10-17(16)25-12-14-4-2-9-21-11-14/h2,4-6,9-11H,3,7-8,12H2,1H3,(H,22,23). The van der Waals surface area contributed by atoms with Gasteiger partial charge in [-0.25, -0.2) is 0 Å². The number of anilines is 1. The first-order valence-electron chi connectivity index (χ1n) is 8.09. The van der Waals surface area contributed by atoms with Crippen LogP contribution in [0.15, 0.2) is 42.7 Å². The van der Waals surface area contributed by atoms with Crippen LogP contribution in [0, 0.1) is 16.7 Å². The van der Waals surface area contributed by atoms with Crippen molar-refractivity contribution in [1.29, 1.82) is 5.26 Å². The Morgan fingerprint density at radius 1 is 1.36 bits per heavy atom. The van der Waals surface area contributed by atoms with Crippen molar-refractivity contribution in [2.45, 2.75) is 25.9 Å². The summed E-state index contributed by atoms with van der Waals surface area (Å²) in [5.74, 6) is 0.828. The summed E-state index contributed by atoms with van der Waals surface area (Å²) in [5.41, 5.74) is 0.613. The van der Waals surface area contributed by atoms with Gasteiger partial charge in [0.2, 0.25) is 5.91 Å². The highest BCUT2D eigenvalue weighted by molar-refractivity contribution is 5.98. The number of hydrogen-bond donors (Lipinski definition) is 1. The monoisotopic (exact) mass is 337 g/mol. The lowest BCUT2D eigenvalue weighted by Gasteiger charge is -2.33. The van der Waals surface area contributed by atoms with Crippen LogP contribution >= 0.6 is 0 Å². The Labute approximate surface area is 146 Å². The second-order valence-corrected chi connectivity index (χ2v) is 6.02. The molecule has 6 heteroatoms. The molecule has 1 aliphatic carbocycles. The van der Waals surface area contributed by atoms with Crippen LogP contribution in [-0.2, 0) is 11.4 Å². The maximum atomic E-state index is 12.4. The van der Waals surface area contributed by atoms with E-state index in [1.807, 2.05) is 12.1 Å². The quantitative estimate of drug-likeness (QED) is 0.874. The number of nitrogens with one attached hydrogen (secondary N) is 1. The number of nitriles is 1. The van der Waals surface area contributed by atoms with Crippen molar-refractivity contribution < 1.29 is 14.3 Å². The van der Waals surface area contributed by atoms with E-state index >= 15 is 0 Å². The highest BCUT2D eigenvalue weighted by Gasteiger charge is 2.44. The molecule has 1 aromatic carbocycles. The number of carbonyl (C=O) groups is 1. The molecule has 0 spiro atoms. The van der Waals surface area contributed by atoms with E-state index in [0.717, 1.165) is 12.0 Å². The van der Waals surface area contributed by atoms with Gasteiger partial charge in [-0.05, 0) is 37.5 Å². The number of carbonyl (C=O) groups excluding carboxylic acids is 1. The summed E-state index contributed by atoms with van der Waals surface area (Å²) in [5, 5.41) is 12.1. The second kappa shape index (κ2) is 7.22. The number of amides is 1. The Morgan fingerprint density at radius 3 is 2.80 bits per heavy atom. The Bertz CT molecular complexity index is 795. The molecule has 3 rings (SSSR count). The molecule has 0 atom stereocenters. The van der Waals surface area contributed by atoms with Crippen LogP contribution in [0.4, 0.5) is 5.69 Å². The Kier molecular flexibility index (Phi) is 4.85. The minimum atomic E-state index is -0.892. The van der Waals surface area contributed by atoms with Gasteiger partial charge in [-0.15, -0.1) is 0 Å². The summed E-state index contributed by atoms with van der Waals surface area (Å²) >= 11 is 0. The average molecular weight is 337 g/mol. The number of hydrogen-bond acceptors (Lipinski definition) is 5. The van der Waals surface area contributed by atoms with E-state index < -0.39 is 5.41 Å². The van der Waals surface area contributed by atoms with Crippen LogP contribution in [0.25, 0.3) is 0 Å². The maximum Gasteiger partial charge on any atom is 0.244 e. The smallest absolute Gasteiger partial charge is 0.244 e. The largest absolute Gasteiger partial charge is 0.493 e. The van der Waals surface area contributed by atoms with Crippen LogP contribution in [0.2, 0.25) is 0 Å². The molecule has 0 saturated heterocycles. The van der Waals surface area contributed by atoms with Gasteiger partial charge in [0, 0.05) is 29.7 Å². The molecular formula is C19H19N3O3. The van der Waals surface area contributed by atoms with Gasteiger partial charge in [0.25, 0.3) is 0 Å². The van der Waals surface area contributed by atoms with E-state index in [1.54, 1.807) is 37.7 Å². The number of pyridine rings is 1. The molecule has 0 aliphatic heterocycles. The average Bonchev–Trinajstić information content (AvgIpc) is 2.60. The van der Waals surface area contributed by atoms with Gasteiger partial charge < -0.3 is 14.8 Å². The maximum absolute atomic E-state index is 12.4. The van der Waals surface area contributed by atoms with Gasteiger partial charge in [0.05, 0.1) is 13.2 Å². The first kappa shape index (κ1) is 16.8. The SMILES string of the molecule is COc1ccc(NC(=O)C2(C#N)CCC2)cc1OCc1cccnc1. The zero-order chi connectivity index (χ0) is 17.7. The van der Waals surface area contributed by atoms with Crippen molar-refractivity contribution in [2.75, 3.05) is 12.4 Å². The zero-order valence-electron chi connectivity index (χ0n) is 14.0. The van der Waals surface area contributed by atoms with Crippen molar-refractivity contribution in [3.63, 3.8) is 0 Å². The molecule has 1 fully saturated rings. The van der Waals surface area contributed by atoms with Crippen LogP contribution in [0.5, 0.6) is 11.5 Å². The van der Waals surface area contributed by atoms with Crippen molar-refractivity contribution in [3.05, 3.63) is 48.3 Å². The lowest BCUT2D eigenvalue weighted by molar-refractivity contribution is -0.126. The minimum Gasteiger partial charge on any atom is -0.493 e. The predicted octanol–water partition coefficient (Wildman–Crippen LogP) is 3.30. The van der Waals surface area contributed by atoms with Gasteiger partial charge in [-0.2, -0.15) is 5.26 Å². The van der Waals surface area contributed by atoms with Gasteiger partial charge in [-0.3, -0.25) is 9.78 Å². The molecule has 1 saturated carbocycles. The lowest BCUT2D eigenvalue weighted by Crippen LogP contribution is -2.40. The molecule has 1 heterocycles. The lowest BCUT2D eigenvalue weighted by atomic mass is 9.69. The predicted molar refractivity (Wildman–Crippen MR) is 92.1 cm³/mol. The van der Waals surface area contributed by atoms with Gasteiger partial charge in [0.15, 0.2) is 11.5 Å². The van der Waals surface area contributed by atoms with Crippen molar-refractivity contribution >= 4 is 11.6 Å². The van der Waals surface area contributed by atoms with Crippen LogP contribution < -0.4 is 14.8 Å². The molecule has 128 valence electrons. The number of benzene rings is 1. The number of nitrogens with zero attached hydrogens (tertiary/aromatic N) is 2. The molecular weight excluding hydrogens is 318 g/mol. The summed E-state index contributed by atoms with van der Waals surface area (Å²) in [7, 11) is 1.56. The highest BCUT2D eigenvalue weighted by Crippen LogP contribution is 2.41. The molecule has 0 bridgehead atoms. The van der Waals surface area contributed by atoms with Crippen LogP contribution in [-0.4, -0.2) is 18.0 Å². The molecule has 2 aromatic rings. The molecule has 1 N–H and O–H groups in total. The van der Waals surface area contributed by atoms with E-state index in [1.165, 1.54) is 0 Å². The van der Waals surface area contributed by atoms with Gasteiger partial charge in [-0.1, -0.05) is 6.07 Å². The fourth-order valence-corrected chi connectivity index (χ4v) is 2.68. The Balaban J connectivity index is 1.73. The van der Waals surface area contributed by atoms with E-state index in [2.05, 4.69) is 16.4 Å². The highest BCUT2D eigenvalue weighted by atomic mass is 16.5. The molecule has 1 aromatic heterocycles. The molecule has 25 heavy (non-hydrogen) atoms. The minimum absolute atomic E-state index is 0.260. The summed E-state index contributed by atoms with van der Waals surface area (Å²) in [6, 6.07) is 11.1. The summed E-state index contributed by atoms with van der Waals surface area (Å²) in [6.07, 6.45) is 5.55. The van der Waals surface area contributed by atoms with Crippen LogP contribution in [0.3, 0.4) is 0 Å². The molecule has 6 nitrogen and oxygen atoms in total. The fourth-order valence-electron chi connectivity index (χ4n) is 2.68. The van der Waals surface area contributed by atoms with Crippen LogP contribution in [0.1, 0.15) is 24.8 Å². The molecule has 1 amide bonds. The molecule has 1 aliphatic rings. The summed E-state index contributed by atoms with van der Waals surface area (Å²) in [6.45, 7) is 0.337.